The van der Waals surface area contributed by atoms with Crippen LogP contribution < -0.4 is 10.1 Å². The molecule has 0 aliphatic heterocycles. The average Bonchev–Trinajstić information content (AvgIpc) is 3.24. The van der Waals surface area contributed by atoms with E-state index < -0.39 is 10.0 Å². The third-order valence-corrected chi connectivity index (χ3v) is 5.85. The Hall–Kier alpha value is -3.24. The molecule has 0 saturated carbocycles. The second-order valence-corrected chi connectivity index (χ2v) is 8.28. The Bertz CT molecular complexity index is 1090. The van der Waals surface area contributed by atoms with Crippen molar-refractivity contribution in [3.05, 3.63) is 54.4 Å². The molecule has 1 N–H and O–H groups in total. The van der Waals surface area contributed by atoms with Crippen molar-refractivity contribution < 1.29 is 22.4 Å². The standard InChI is InChI=1S/C19H20N4O5S/c1-4-27-16-10-9-15(11-17(16)29(25,26)23(2)3)21-18(24)13-5-7-14(8-6-13)19-22-20-12-28-19/h5-12H,4H2,1-3H3,(H,21,24). The smallest absolute Gasteiger partial charge is 0.255 e. The minimum Gasteiger partial charge on any atom is -0.492 e. The molecule has 10 heteroatoms. The predicted molar refractivity (Wildman–Crippen MR) is 106 cm³/mol. The third-order valence-electron chi connectivity index (χ3n) is 4.01. The first-order chi connectivity index (χ1) is 13.8. The highest BCUT2D eigenvalue weighted by Gasteiger charge is 2.23. The van der Waals surface area contributed by atoms with Crippen LogP contribution in [-0.4, -0.2) is 49.5 Å². The maximum atomic E-state index is 12.6. The van der Waals surface area contributed by atoms with Gasteiger partial charge in [0.25, 0.3) is 5.91 Å². The van der Waals surface area contributed by atoms with Crippen molar-refractivity contribution in [2.45, 2.75) is 11.8 Å². The van der Waals surface area contributed by atoms with Gasteiger partial charge in [0.15, 0.2) is 0 Å². The van der Waals surface area contributed by atoms with E-state index in [0.29, 0.717) is 29.3 Å². The molecule has 29 heavy (non-hydrogen) atoms. The quantitative estimate of drug-likeness (QED) is 0.629. The van der Waals surface area contributed by atoms with E-state index in [1.807, 2.05) is 0 Å². The van der Waals surface area contributed by atoms with Gasteiger partial charge in [-0.25, -0.2) is 12.7 Å². The minimum absolute atomic E-state index is 0.0195. The SMILES string of the molecule is CCOc1ccc(NC(=O)c2ccc(-c3nnco3)cc2)cc1S(=O)(=O)N(C)C. The topological polar surface area (TPSA) is 115 Å². The van der Waals surface area contributed by atoms with E-state index in [-0.39, 0.29) is 16.6 Å². The number of carbonyl (C=O) groups excluding carboxylic acids is 1. The van der Waals surface area contributed by atoms with E-state index in [1.165, 1.54) is 32.6 Å². The van der Waals surface area contributed by atoms with E-state index in [4.69, 9.17) is 9.15 Å². The molecule has 9 nitrogen and oxygen atoms in total. The van der Waals surface area contributed by atoms with Crippen LogP contribution in [-0.2, 0) is 10.0 Å². The number of nitrogens with one attached hydrogen (secondary N) is 1. The monoisotopic (exact) mass is 416 g/mol. The molecule has 1 heterocycles. The Morgan fingerprint density at radius 2 is 1.90 bits per heavy atom. The highest BCUT2D eigenvalue weighted by molar-refractivity contribution is 7.89. The number of ether oxygens (including phenoxy) is 1. The summed E-state index contributed by atoms with van der Waals surface area (Å²) in [6, 6.07) is 11.1. The van der Waals surface area contributed by atoms with Crippen LogP contribution in [0.15, 0.2) is 58.2 Å². The van der Waals surface area contributed by atoms with Crippen LogP contribution in [0.3, 0.4) is 0 Å². The van der Waals surface area contributed by atoms with Crippen LogP contribution in [0.25, 0.3) is 11.5 Å². The fourth-order valence-corrected chi connectivity index (χ4v) is 3.58. The lowest BCUT2D eigenvalue weighted by Crippen LogP contribution is -2.23. The number of nitrogens with zero attached hydrogens (tertiary/aromatic N) is 3. The van der Waals surface area contributed by atoms with Crippen LogP contribution in [0.5, 0.6) is 5.75 Å². The van der Waals surface area contributed by atoms with Gasteiger partial charge in [-0.3, -0.25) is 4.79 Å². The molecule has 1 aromatic heterocycles. The van der Waals surface area contributed by atoms with Crippen LogP contribution in [0.1, 0.15) is 17.3 Å². The summed E-state index contributed by atoms with van der Waals surface area (Å²) in [6.07, 6.45) is 1.22. The molecule has 0 spiro atoms. The van der Waals surface area contributed by atoms with Crippen LogP contribution in [0, 0.1) is 0 Å². The van der Waals surface area contributed by atoms with Gasteiger partial charge in [0.05, 0.1) is 6.61 Å². The van der Waals surface area contributed by atoms with Crippen LogP contribution in [0.2, 0.25) is 0 Å². The summed E-state index contributed by atoms with van der Waals surface area (Å²) in [5, 5.41) is 10.1. The molecule has 0 aliphatic rings. The predicted octanol–water partition coefficient (Wildman–Crippen LogP) is 2.64. The summed E-state index contributed by atoms with van der Waals surface area (Å²) in [4.78, 5) is 12.5. The number of carbonyl (C=O) groups is 1. The first-order valence-electron chi connectivity index (χ1n) is 8.70. The summed E-state index contributed by atoms with van der Waals surface area (Å²) < 4.78 is 36.8. The summed E-state index contributed by atoms with van der Waals surface area (Å²) in [6.45, 7) is 2.08. The van der Waals surface area contributed by atoms with Gasteiger partial charge in [0.2, 0.25) is 22.3 Å². The maximum Gasteiger partial charge on any atom is 0.255 e. The van der Waals surface area contributed by atoms with Crippen molar-refractivity contribution in [3.63, 3.8) is 0 Å². The molecule has 0 atom stereocenters. The van der Waals surface area contributed by atoms with Gasteiger partial charge in [-0.05, 0) is 49.4 Å². The van der Waals surface area contributed by atoms with E-state index in [0.717, 1.165) is 4.31 Å². The van der Waals surface area contributed by atoms with Gasteiger partial charge in [-0.2, -0.15) is 0 Å². The van der Waals surface area contributed by atoms with E-state index in [2.05, 4.69) is 15.5 Å². The number of hydrogen-bond acceptors (Lipinski definition) is 7. The normalized spacial score (nSPS) is 11.4. The molecule has 0 bridgehead atoms. The number of rotatable bonds is 7. The van der Waals surface area contributed by atoms with Gasteiger partial charge in [-0.15, -0.1) is 10.2 Å². The largest absolute Gasteiger partial charge is 0.492 e. The fraction of sp³-hybridized carbons (Fsp3) is 0.211. The van der Waals surface area contributed by atoms with Gasteiger partial charge >= 0.3 is 0 Å². The molecule has 0 saturated heterocycles. The van der Waals surface area contributed by atoms with Crippen molar-refractivity contribution >= 4 is 21.6 Å². The fourth-order valence-electron chi connectivity index (χ4n) is 2.53. The van der Waals surface area contributed by atoms with Crippen molar-refractivity contribution in [1.29, 1.82) is 0 Å². The third kappa shape index (κ3) is 4.44. The second-order valence-electron chi connectivity index (χ2n) is 6.16. The molecule has 0 aliphatic carbocycles. The van der Waals surface area contributed by atoms with Crippen molar-refractivity contribution in [1.82, 2.24) is 14.5 Å². The summed E-state index contributed by atoms with van der Waals surface area (Å²) in [5.41, 5.74) is 1.40. The zero-order chi connectivity index (χ0) is 21.0. The molecule has 3 aromatic rings. The Balaban J connectivity index is 1.85. The van der Waals surface area contributed by atoms with Crippen molar-refractivity contribution in [3.8, 4) is 17.2 Å². The molecule has 1 amide bonds. The molecule has 2 aromatic carbocycles. The average molecular weight is 416 g/mol. The van der Waals surface area contributed by atoms with E-state index in [9.17, 15) is 13.2 Å². The minimum atomic E-state index is -3.75. The Labute approximate surface area is 168 Å². The highest BCUT2D eigenvalue weighted by Crippen LogP contribution is 2.29. The number of anilines is 1. The van der Waals surface area contributed by atoms with Crippen LogP contribution in [0.4, 0.5) is 5.69 Å². The highest BCUT2D eigenvalue weighted by atomic mass is 32.2. The zero-order valence-electron chi connectivity index (χ0n) is 16.1. The molecule has 3 rings (SSSR count). The number of sulfonamides is 1. The molecule has 0 fully saturated rings. The van der Waals surface area contributed by atoms with Crippen molar-refractivity contribution in [2.75, 3.05) is 26.0 Å². The summed E-state index contributed by atoms with van der Waals surface area (Å²) in [5.74, 6) is 0.185. The number of aromatic nitrogens is 2. The second kappa shape index (κ2) is 8.41. The number of hydrogen-bond donors (Lipinski definition) is 1. The number of benzene rings is 2. The van der Waals surface area contributed by atoms with Crippen molar-refractivity contribution in [2.24, 2.45) is 0 Å². The molecular weight excluding hydrogens is 396 g/mol. The maximum absolute atomic E-state index is 12.6. The summed E-state index contributed by atoms with van der Waals surface area (Å²) >= 11 is 0. The van der Waals surface area contributed by atoms with Gasteiger partial charge in [-0.1, -0.05) is 0 Å². The first-order valence-corrected chi connectivity index (χ1v) is 10.1. The number of amides is 1. The first kappa shape index (κ1) is 20.5. The van der Waals surface area contributed by atoms with Crippen LogP contribution >= 0.6 is 0 Å². The van der Waals surface area contributed by atoms with Gasteiger partial charge in [0.1, 0.15) is 10.6 Å². The molecule has 0 unspecified atom stereocenters. The molecule has 152 valence electrons. The Morgan fingerprint density at radius 1 is 1.17 bits per heavy atom. The molecule has 0 radical (unpaired) electrons. The Morgan fingerprint density at radius 3 is 2.48 bits per heavy atom. The molecular formula is C19H20N4O5S. The van der Waals surface area contributed by atoms with Gasteiger partial charge < -0.3 is 14.5 Å². The zero-order valence-corrected chi connectivity index (χ0v) is 16.9. The van der Waals surface area contributed by atoms with E-state index in [1.54, 1.807) is 37.3 Å². The van der Waals surface area contributed by atoms with Gasteiger partial charge in [0, 0.05) is 30.9 Å². The van der Waals surface area contributed by atoms with E-state index >= 15 is 0 Å². The lowest BCUT2D eigenvalue weighted by Gasteiger charge is -2.16. The Kier molecular flexibility index (Phi) is 5.95. The summed E-state index contributed by atoms with van der Waals surface area (Å²) in [7, 11) is -0.886. The lowest BCUT2D eigenvalue weighted by molar-refractivity contribution is 0.102. The lowest BCUT2D eigenvalue weighted by atomic mass is 10.1.